The van der Waals surface area contributed by atoms with Crippen LogP contribution < -0.4 is 15.5 Å². The van der Waals surface area contributed by atoms with Gasteiger partial charge in [-0.2, -0.15) is 0 Å². The number of hydrogen-bond donors (Lipinski definition) is 2. The van der Waals surface area contributed by atoms with Crippen LogP contribution in [0.15, 0.2) is 42.5 Å². The van der Waals surface area contributed by atoms with Crippen LogP contribution in [-0.4, -0.2) is 18.2 Å². The second kappa shape index (κ2) is 8.65. The number of hydrogen-bond acceptors (Lipinski definition) is 2. The molecule has 0 radical (unpaired) electrons. The fourth-order valence-electron chi connectivity index (χ4n) is 3.44. The van der Waals surface area contributed by atoms with E-state index >= 15 is 0 Å². The molecular formula is C21H25F2N3S. The van der Waals surface area contributed by atoms with Gasteiger partial charge in [-0.3, -0.25) is 0 Å². The van der Waals surface area contributed by atoms with Crippen molar-refractivity contribution in [2.24, 2.45) is 5.92 Å². The molecule has 2 aromatic carbocycles. The Hall–Kier alpha value is -2.21. The van der Waals surface area contributed by atoms with E-state index in [1.54, 1.807) is 0 Å². The number of piperidine rings is 1. The molecule has 2 atom stereocenters. The molecule has 1 heterocycles. The fourth-order valence-corrected chi connectivity index (χ4v) is 3.72. The van der Waals surface area contributed by atoms with Crippen molar-refractivity contribution in [3.8, 4) is 0 Å². The van der Waals surface area contributed by atoms with Crippen molar-refractivity contribution in [3.63, 3.8) is 0 Å². The van der Waals surface area contributed by atoms with Crippen LogP contribution >= 0.6 is 12.2 Å². The van der Waals surface area contributed by atoms with E-state index in [0.29, 0.717) is 0 Å². The summed E-state index contributed by atoms with van der Waals surface area (Å²) >= 11 is 5.21. The van der Waals surface area contributed by atoms with Gasteiger partial charge in [0.2, 0.25) is 0 Å². The summed E-state index contributed by atoms with van der Waals surface area (Å²) in [7, 11) is 0. The Bertz CT molecular complexity index is 774. The van der Waals surface area contributed by atoms with E-state index in [9.17, 15) is 8.78 Å². The summed E-state index contributed by atoms with van der Waals surface area (Å²) in [6.45, 7) is 6.44. The van der Waals surface area contributed by atoms with E-state index in [1.165, 1.54) is 36.7 Å². The predicted octanol–water partition coefficient (Wildman–Crippen LogP) is 5.25. The Morgan fingerprint density at radius 1 is 1.15 bits per heavy atom. The van der Waals surface area contributed by atoms with Crippen LogP contribution in [0.4, 0.5) is 20.2 Å². The largest absolute Gasteiger partial charge is 0.371 e. The minimum atomic E-state index is -0.674. The normalized spacial score (nSPS) is 18.1. The van der Waals surface area contributed by atoms with Crippen LogP contribution in [0, 0.1) is 17.6 Å². The lowest BCUT2D eigenvalue weighted by atomic mass is 9.99. The molecule has 2 aromatic rings. The molecule has 0 spiro atoms. The average Bonchev–Trinajstić information content (AvgIpc) is 2.65. The maximum Gasteiger partial charge on any atom is 0.171 e. The molecule has 1 fully saturated rings. The second-order valence-corrected chi connectivity index (χ2v) is 7.61. The van der Waals surface area contributed by atoms with Crippen molar-refractivity contribution in [3.05, 3.63) is 59.7 Å². The van der Waals surface area contributed by atoms with E-state index in [1.807, 2.05) is 6.92 Å². The summed E-state index contributed by atoms with van der Waals surface area (Å²) in [6, 6.07) is 12.0. The van der Waals surface area contributed by atoms with Crippen molar-refractivity contribution in [2.45, 2.75) is 32.7 Å². The zero-order chi connectivity index (χ0) is 19.4. The van der Waals surface area contributed by atoms with Crippen LogP contribution in [0.5, 0.6) is 0 Å². The van der Waals surface area contributed by atoms with Gasteiger partial charge in [0.1, 0.15) is 17.3 Å². The Morgan fingerprint density at radius 2 is 1.81 bits per heavy atom. The van der Waals surface area contributed by atoms with Crippen molar-refractivity contribution < 1.29 is 8.78 Å². The summed E-state index contributed by atoms with van der Waals surface area (Å²) < 4.78 is 27.5. The third kappa shape index (κ3) is 4.95. The summed E-state index contributed by atoms with van der Waals surface area (Å²) in [5.74, 6) is -0.625. The number of thiocarbonyl (C=S) groups is 1. The Morgan fingerprint density at radius 3 is 2.44 bits per heavy atom. The minimum Gasteiger partial charge on any atom is -0.371 e. The first-order valence-corrected chi connectivity index (χ1v) is 9.71. The molecule has 0 aliphatic carbocycles. The van der Waals surface area contributed by atoms with Crippen LogP contribution in [0.1, 0.15) is 38.3 Å². The highest BCUT2D eigenvalue weighted by Gasteiger charge is 2.17. The van der Waals surface area contributed by atoms with E-state index < -0.39 is 11.6 Å². The highest BCUT2D eigenvalue weighted by Crippen LogP contribution is 2.25. The van der Waals surface area contributed by atoms with E-state index in [0.717, 1.165) is 24.6 Å². The zero-order valence-corrected chi connectivity index (χ0v) is 16.5. The zero-order valence-electron chi connectivity index (χ0n) is 15.6. The van der Waals surface area contributed by atoms with Gasteiger partial charge in [-0.1, -0.05) is 25.1 Å². The molecule has 3 rings (SSSR count). The van der Waals surface area contributed by atoms with Gasteiger partial charge in [0.25, 0.3) is 0 Å². The molecule has 1 aliphatic heterocycles. The van der Waals surface area contributed by atoms with E-state index in [-0.39, 0.29) is 16.8 Å². The number of rotatable bonds is 4. The first-order chi connectivity index (χ1) is 12.9. The van der Waals surface area contributed by atoms with Crippen LogP contribution in [0.3, 0.4) is 0 Å². The van der Waals surface area contributed by atoms with Crippen molar-refractivity contribution in [1.29, 1.82) is 0 Å². The number of nitrogens with one attached hydrogen (secondary N) is 2. The molecule has 0 saturated carbocycles. The monoisotopic (exact) mass is 389 g/mol. The molecule has 27 heavy (non-hydrogen) atoms. The summed E-state index contributed by atoms with van der Waals surface area (Å²) in [6.07, 6.45) is 2.52. The summed E-state index contributed by atoms with van der Waals surface area (Å²) in [5.41, 5.74) is 2.05. The molecule has 1 aliphatic rings. The predicted molar refractivity (Wildman–Crippen MR) is 111 cm³/mol. The number of benzene rings is 2. The van der Waals surface area contributed by atoms with E-state index in [2.05, 4.69) is 46.7 Å². The SMILES string of the molecule is C[C@@H]1CCCN(c2ccc([C@@H](C)NC(=S)Nc3c(F)cccc3F)cc2)C1. The van der Waals surface area contributed by atoms with Gasteiger partial charge in [-0.05, 0) is 67.7 Å². The summed E-state index contributed by atoms with van der Waals surface area (Å²) in [5, 5.41) is 5.87. The maximum absolute atomic E-state index is 13.7. The lowest BCUT2D eigenvalue weighted by molar-refractivity contribution is 0.447. The van der Waals surface area contributed by atoms with Crippen molar-refractivity contribution >= 4 is 28.7 Å². The van der Waals surface area contributed by atoms with Crippen molar-refractivity contribution in [1.82, 2.24) is 5.32 Å². The fraction of sp³-hybridized carbons (Fsp3) is 0.381. The summed E-state index contributed by atoms with van der Waals surface area (Å²) in [4.78, 5) is 2.42. The van der Waals surface area contributed by atoms with Gasteiger partial charge < -0.3 is 15.5 Å². The standard InChI is InChI=1S/C21H25F2N3S/c1-14-5-4-12-26(13-14)17-10-8-16(9-11-17)15(2)24-21(27)25-20-18(22)6-3-7-19(20)23/h3,6-11,14-15H,4-5,12-13H2,1-2H3,(H2,24,25,27)/t14-,15-/m1/s1. The lowest BCUT2D eigenvalue weighted by Gasteiger charge is -2.33. The minimum absolute atomic E-state index is 0.0887. The lowest BCUT2D eigenvalue weighted by Crippen LogP contribution is -2.34. The Balaban J connectivity index is 1.60. The first kappa shape index (κ1) is 19.5. The van der Waals surface area contributed by atoms with Gasteiger partial charge in [0.15, 0.2) is 5.11 Å². The smallest absolute Gasteiger partial charge is 0.171 e. The highest BCUT2D eigenvalue weighted by atomic mass is 32.1. The molecule has 1 saturated heterocycles. The number of para-hydroxylation sites is 1. The number of anilines is 2. The van der Waals surface area contributed by atoms with Crippen LogP contribution in [-0.2, 0) is 0 Å². The number of nitrogens with zero attached hydrogens (tertiary/aromatic N) is 1. The topological polar surface area (TPSA) is 27.3 Å². The molecule has 2 N–H and O–H groups in total. The van der Waals surface area contributed by atoms with Crippen LogP contribution in [0.2, 0.25) is 0 Å². The third-order valence-electron chi connectivity index (χ3n) is 4.96. The van der Waals surface area contributed by atoms with Crippen LogP contribution in [0.25, 0.3) is 0 Å². The third-order valence-corrected chi connectivity index (χ3v) is 5.18. The first-order valence-electron chi connectivity index (χ1n) is 9.30. The van der Waals surface area contributed by atoms with E-state index in [4.69, 9.17) is 12.2 Å². The molecule has 0 bridgehead atoms. The molecule has 0 aromatic heterocycles. The average molecular weight is 390 g/mol. The highest BCUT2D eigenvalue weighted by molar-refractivity contribution is 7.80. The van der Waals surface area contributed by atoms with Crippen molar-refractivity contribution in [2.75, 3.05) is 23.3 Å². The van der Waals surface area contributed by atoms with Gasteiger partial charge in [0.05, 0.1) is 6.04 Å². The number of halogens is 2. The van der Waals surface area contributed by atoms with Gasteiger partial charge >= 0.3 is 0 Å². The molecule has 6 heteroatoms. The second-order valence-electron chi connectivity index (χ2n) is 7.20. The molecule has 0 amide bonds. The quantitative estimate of drug-likeness (QED) is 0.699. The van der Waals surface area contributed by atoms with Gasteiger partial charge in [-0.25, -0.2) is 8.78 Å². The molecular weight excluding hydrogens is 364 g/mol. The van der Waals surface area contributed by atoms with Gasteiger partial charge in [-0.15, -0.1) is 0 Å². The Labute approximate surface area is 164 Å². The van der Waals surface area contributed by atoms with Gasteiger partial charge in [0, 0.05) is 18.8 Å². The molecule has 144 valence electrons. The maximum atomic E-state index is 13.7. The Kier molecular flexibility index (Phi) is 6.26. The molecule has 3 nitrogen and oxygen atoms in total. The molecule has 0 unspecified atom stereocenters.